The summed E-state index contributed by atoms with van der Waals surface area (Å²) in [4.78, 5) is 9.82. The quantitative estimate of drug-likeness (QED) is 0.307. The highest BCUT2D eigenvalue weighted by atomic mass is 16.5. The number of ether oxygens (including phenoxy) is 4. The molecule has 0 unspecified atom stereocenters. The van der Waals surface area contributed by atoms with Gasteiger partial charge in [-0.25, -0.2) is 0 Å². The average molecular weight is 577 g/mol. The second kappa shape index (κ2) is 10.7. The van der Waals surface area contributed by atoms with Crippen molar-refractivity contribution in [1.29, 1.82) is 0 Å². The maximum absolute atomic E-state index is 11.4. The van der Waals surface area contributed by atoms with Crippen LogP contribution in [0.4, 0.5) is 0 Å². The first-order valence-corrected chi connectivity index (χ1v) is 14.4. The minimum atomic E-state index is -0.100. The molecule has 0 spiro atoms. The van der Waals surface area contributed by atoms with E-state index in [0.29, 0.717) is 60.9 Å². The monoisotopic (exact) mass is 576 g/mol. The Morgan fingerprint density at radius 1 is 0.651 bits per heavy atom. The van der Waals surface area contributed by atoms with Crippen LogP contribution in [0.1, 0.15) is 33.4 Å². The first kappa shape index (κ1) is 26.9. The van der Waals surface area contributed by atoms with Crippen LogP contribution in [0.3, 0.4) is 0 Å². The lowest BCUT2D eigenvalue weighted by Crippen LogP contribution is -2.18. The lowest BCUT2D eigenvalue weighted by molar-refractivity contribution is 0.343. The van der Waals surface area contributed by atoms with Crippen LogP contribution in [0.2, 0.25) is 0 Å². The summed E-state index contributed by atoms with van der Waals surface area (Å²) in [5.74, 6) is 2.39. The van der Waals surface area contributed by atoms with Crippen LogP contribution in [0, 0.1) is 0 Å². The molecular formula is C35H32N2O6. The Kier molecular flexibility index (Phi) is 6.69. The van der Waals surface area contributed by atoms with Gasteiger partial charge in [-0.15, -0.1) is 0 Å². The van der Waals surface area contributed by atoms with Gasteiger partial charge in [0.2, 0.25) is 5.75 Å². The molecule has 3 aliphatic rings. The predicted octanol–water partition coefficient (Wildman–Crippen LogP) is 6.07. The van der Waals surface area contributed by atoms with Gasteiger partial charge >= 0.3 is 0 Å². The van der Waals surface area contributed by atoms with Crippen molar-refractivity contribution in [3.8, 4) is 51.4 Å². The molecule has 0 saturated carbocycles. The molecule has 0 atom stereocenters. The molecule has 3 heterocycles. The number of methoxy groups -OCH3 is 3. The van der Waals surface area contributed by atoms with E-state index in [1.54, 1.807) is 20.3 Å². The van der Waals surface area contributed by atoms with E-state index in [0.717, 1.165) is 56.8 Å². The molecule has 218 valence electrons. The molecule has 8 nitrogen and oxygen atoms in total. The molecule has 3 aliphatic heterocycles. The van der Waals surface area contributed by atoms with Crippen molar-refractivity contribution in [3.05, 3.63) is 88.0 Å². The summed E-state index contributed by atoms with van der Waals surface area (Å²) in [5.41, 5.74) is 8.96. The van der Waals surface area contributed by atoms with Gasteiger partial charge < -0.3 is 29.2 Å². The first-order chi connectivity index (χ1) is 21.0. The summed E-state index contributed by atoms with van der Waals surface area (Å²) >= 11 is 0. The molecule has 0 fully saturated rings. The van der Waals surface area contributed by atoms with Gasteiger partial charge in [0, 0.05) is 53.9 Å². The van der Waals surface area contributed by atoms with Gasteiger partial charge in [-0.3, -0.25) is 9.98 Å². The summed E-state index contributed by atoms with van der Waals surface area (Å²) < 4.78 is 23.7. The Morgan fingerprint density at radius 2 is 1.30 bits per heavy atom. The SMILES string of the molecule is COc1cc2c3cc1Oc1c(O)c(OC)cc4c1C(=NCC4)Cc1ccc(O)c(c1)-c1cc(ccc1OC)CC3=NCC2. The van der Waals surface area contributed by atoms with Gasteiger partial charge in [0.25, 0.3) is 0 Å². The normalized spacial score (nSPS) is 15.0. The number of fused-ring (bicyclic) bond motifs is 6. The fourth-order valence-corrected chi connectivity index (χ4v) is 6.32. The second-order valence-corrected chi connectivity index (χ2v) is 10.9. The van der Waals surface area contributed by atoms with E-state index in [1.165, 1.54) is 7.11 Å². The van der Waals surface area contributed by atoms with E-state index < -0.39 is 0 Å². The molecule has 4 aromatic carbocycles. The molecule has 0 aromatic heterocycles. The van der Waals surface area contributed by atoms with Crippen molar-refractivity contribution in [2.45, 2.75) is 25.7 Å². The van der Waals surface area contributed by atoms with E-state index in [9.17, 15) is 10.2 Å². The minimum Gasteiger partial charge on any atom is -0.507 e. The Hall–Kier alpha value is -4.98. The Morgan fingerprint density at radius 3 is 2.07 bits per heavy atom. The number of aromatic hydroxyl groups is 2. The molecule has 0 amide bonds. The van der Waals surface area contributed by atoms with E-state index in [2.05, 4.69) is 6.07 Å². The number of phenols is 2. The van der Waals surface area contributed by atoms with E-state index >= 15 is 0 Å². The number of phenolic OH excluding ortho intramolecular Hbond substituents is 2. The molecule has 0 radical (unpaired) electrons. The lowest BCUT2D eigenvalue weighted by atomic mass is 9.89. The van der Waals surface area contributed by atoms with Crippen LogP contribution in [0.15, 0.2) is 64.6 Å². The third-order valence-electron chi connectivity index (χ3n) is 8.45. The molecular weight excluding hydrogens is 544 g/mol. The molecule has 8 heteroatoms. The summed E-state index contributed by atoms with van der Waals surface area (Å²) in [5, 5.41) is 22.5. The van der Waals surface area contributed by atoms with E-state index in [1.807, 2.05) is 42.5 Å². The lowest BCUT2D eigenvalue weighted by Gasteiger charge is -2.25. The van der Waals surface area contributed by atoms with Crippen molar-refractivity contribution in [2.75, 3.05) is 34.4 Å². The Labute approximate surface area is 249 Å². The van der Waals surface area contributed by atoms with Crippen LogP contribution in [-0.4, -0.2) is 56.1 Å². The Balaban J connectivity index is 1.51. The fourth-order valence-electron chi connectivity index (χ4n) is 6.32. The number of nitrogens with zero attached hydrogens (tertiary/aromatic N) is 2. The highest BCUT2D eigenvalue weighted by Gasteiger charge is 2.29. The van der Waals surface area contributed by atoms with E-state index in [-0.39, 0.29) is 17.2 Å². The molecule has 43 heavy (non-hydrogen) atoms. The largest absolute Gasteiger partial charge is 0.507 e. The highest BCUT2D eigenvalue weighted by molar-refractivity contribution is 6.08. The van der Waals surface area contributed by atoms with Gasteiger partial charge in [0.05, 0.1) is 27.0 Å². The van der Waals surface area contributed by atoms with Gasteiger partial charge in [0.1, 0.15) is 11.5 Å². The van der Waals surface area contributed by atoms with Crippen LogP contribution < -0.4 is 18.9 Å². The van der Waals surface area contributed by atoms with E-state index in [4.69, 9.17) is 28.9 Å². The van der Waals surface area contributed by atoms with Gasteiger partial charge in [0.15, 0.2) is 23.0 Å². The smallest absolute Gasteiger partial charge is 0.202 e. The van der Waals surface area contributed by atoms with Crippen molar-refractivity contribution < 1.29 is 29.2 Å². The van der Waals surface area contributed by atoms with Crippen molar-refractivity contribution in [1.82, 2.24) is 0 Å². The topological polar surface area (TPSA) is 102 Å². The maximum Gasteiger partial charge on any atom is 0.202 e. The zero-order chi connectivity index (χ0) is 29.7. The number of aliphatic imine (C=N–C) groups is 2. The molecule has 0 saturated heterocycles. The minimum absolute atomic E-state index is 0.100. The highest BCUT2D eigenvalue weighted by Crippen LogP contribution is 2.48. The predicted molar refractivity (Wildman–Crippen MR) is 165 cm³/mol. The zero-order valence-corrected chi connectivity index (χ0v) is 24.4. The van der Waals surface area contributed by atoms with Crippen LogP contribution in [0.25, 0.3) is 11.1 Å². The molecule has 7 rings (SSSR count). The summed E-state index contributed by atoms with van der Waals surface area (Å²) in [6.45, 7) is 1.26. The summed E-state index contributed by atoms with van der Waals surface area (Å²) in [6, 6.07) is 17.4. The third kappa shape index (κ3) is 4.63. The first-order valence-electron chi connectivity index (χ1n) is 14.4. The number of hydrogen-bond acceptors (Lipinski definition) is 8. The van der Waals surface area contributed by atoms with Gasteiger partial charge in [-0.1, -0.05) is 12.1 Å². The van der Waals surface area contributed by atoms with Crippen LogP contribution >= 0.6 is 0 Å². The molecule has 4 aromatic rings. The molecule has 2 N–H and O–H groups in total. The summed E-state index contributed by atoms with van der Waals surface area (Å²) in [7, 11) is 4.79. The number of benzene rings is 4. The number of hydrogen-bond donors (Lipinski definition) is 2. The maximum atomic E-state index is 11.4. The Bertz CT molecular complexity index is 1840. The van der Waals surface area contributed by atoms with Crippen molar-refractivity contribution in [2.24, 2.45) is 9.98 Å². The standard InChI is InChI=1S/C35H32N2O6/c1-40-29-7-5-20-13-25(29)24-12-19(4-6-28(24)38)15-27-33-22(9-11-37-27)17-32(42-3)34(39)35(33)43-31-18-23-21(16-30(31)41-2)8-10-36-26(23)14-20/h4-7,12-13,16-18,38-39H,8-11,14-15H2,1-3H3. The second-order valence-electron chi connectivity index (χ2n) is 10.9. The molecule has 6 bridgehead atoms. The van der Waals surface area contributed by atoms with Crippen molar-refractivity contribution in [3.63, 3.8) is 0 Å². The van der Waals surface area contributed by atoms with Crippen LogP contribution in [0.5, 0.6) is 40.2 Å². The fraction of sp³-hybridized carbons (Fsp3) is 0.257. The molecule has 0 aliphatic carbocycles. The number of rotatable bonds is 3. The summed E-state index contributed by atoms with van der Waals surface area (Å²) in [6.07, 6.45) is 2.49. The average Bonchev–Trinajstić information content (AvgIpc) is 3.02. The zero-order valence-electron chi connectivity index (χ0n) is 24.4. The van der Waals surface area contributed by atoms with Crippen molar-refractivity contribution >= 4 is 11.4 Å². The van der Waals surface area contributed by atoms with Gasteiger partial charge in [-0.05, 0) is 77.6 Å². The third-order valence-corrected chi connectivity index (χ3v) is 8.45. The van der Waals surface area contributed by atoms with Crippen LogP contribution in [-0.2, 0) is 25.7 Å². The van der Waals surface area contributed by atoms with Gasteiger partial charge in [-0.2, -0.15) is 0 Å².